The minimum Gasteiger partial charge on any atom is -0.432 e. The molecule has 0 saturated heterocycles. The Kier molecular flexibility index (Phi) is 8.72. The summed E-state index contributed by atoms with van der Waals surface area (Å²) >= 11 is 0. The van der Waals surface area contributed by atoms with E-state index in [9.17, 15) is 13.2 Å². The summed E-state index contributed by atoms with van der Waals surface area (Å²) < 4.78 is 73.0. The molecule has 35 heavy (non-hydrogen) atoms. The average molecular weight is 495 g/mol. The van der Waals surface area contributed by atoms with Gasteiger partial charge in [-0.2, -0.15) is 8.78 Å². The molecule has 0 aromatic heterocycles. The lowest BCUT2D eigenvalue weighted by Crippen LogP contribution is -2.30. The normalized spacial score (nSPS) is 24.4. The molecule has 2 aliphatic carbocycles. The van der Waals surface area contributed by atoms with Gasteiger partial charge in [0, 0.05) is 0 Å². The predicted octanol–water partition coefficient (Wildman–Crippen LogP) is 9.64. The zero-order chi connectivity index (χ0) is 24.9. The number of hydrogen-bond acceptors (Lipinski definition) is 1. The number of unbranched alkanes of at least 4 members (excludes halogenated alkanes) is 3. The lowest BCUT2D eigenvalue weighted by atomic mass is 9.63. The third-order valence-electron chi connectivity index (χ3n) is 8.16. The van der Waals surface area contributed by atoms with E-state index < -0.39 is 29.8 Å². The molecule has 0 heterocycles. The van der Waals surface area contributed by atoms with Gasteiger partial charge in [0.15, 0.2) is 11.6 Å². The number of benzene rings is 2. The summed E-state index contributed by atoms with van der Waals surface area (Å²) in [5.74, 6) is -0.992. The molecule has 0 radical (unpaired) electrons. The molecule has 0 amide bonds. The van der Waals surface area contributed by atoms with Crippen molar-refractivity contribution in [2.75, 3.05) is 0 Å². The van der Waals surface area contributed by atoms with Gasteiger partial charge in [0.05, 0.1) is 5.56 Å². The second kappa shape index (κ2) is 11.7. The highest BCUT2D eigenvalue weighted by Gasteiger charge is 2.36. The number of ether oxygens (including phenoxy) is 1. The Morgan fingerprint density at radius 1 is 0.829 bits per heavy atom. The molecule has 0 bridgehead atoms. The van der Waals surface area contributed by atoms with Crippen molar-refractivity contribution in [2.24, 2.45) is 17.8 Å². The Morgan fingerprint density at radius 2 is 1.54 bits per heavy atom. The highest BCUT2D eigenvalue weighted by Crippen LogP contribution is 2.49. The molecular weight excluding hydrogens is 459 g/mol. The fourth-order valence-corrected chi connectivity index (χ4v) is 6.36. The first-order valence-corrected chi connectivity index (χ1v) is 13.1. The minimum absolute atomic E-state index is 0.0494. The monoisotopic (exact) mass is 494 g/mol. The Balaban J connectivity index is 1.41. The molecule has 0 N–H and O–H groups in total. The summed E-state index contributed by atoms with van der Waals surface area (Å²) in [6.07, 6.45) is 13.3. The first kappa shape index (κ1) is 26.0. The lowest BCUT2D eigenvalue weighted by molar-refractivity contribution is -0.0521. The minimum atomic E-state index is -3.18. The van der Waals surface area contributed by atoms with Crippen LogP contribution >= 0.6 is 0 Å². The molecule has 4 atom stereocenters. The zero-order valence-electron chi connectivity index (χ0n) is 20.3. The van der Waals surface area contributed by atoms with Gasteiger partial charge >= 0.3 is 6.61 Å². The van der Waals surface area contributed by atoms with Crippen molar-refractivity contribution in [1.29, 1.82) is 0 Å². The van der Waals surface area contributed by atoms with Crippen molar-refractivity contribution >= 4 is 0 Å². The van der Waals surface area contributed by atoms with Gasteiger partial charge in [0.2, 0.25) is 0 Å². The first-order chi connectivity index (χ1) is 16.9. The molecule has 1 nitrogen and oxygen atoms in total. The molecular formula is C29H35F5O. The van der Waals surface area contributed by atoms with Crippen LogP contribution in [0.4, 0.5) is 22.0 Å². The van der Waals surface area contributed by atoms with Crippen LogP contribution in [-0.4, -0.2) is 6.61 Å². The topological polar surface area (TPSA) is 9.23 Å². The summed E-state index contributed by atoms with van der Waals surface area (Å²) in [5.41, 5.74) is 0.252. The van der Waals surface area contributed by atoms with Crippen molar-refractivity contribution in [1.82, 2.24) is 0 Å². The molecule has 2 fully saturated rings. The zero-order valence-corrected chi connectivity index (χ0v) is 20.3. The molecule has 2 aromatic carbocycles. The maximum absolute atomic E-state index is 15.0. The van der Waals surface area contributed by atoms with Gasteiger partial charge in [-0.15, -0.1) is 0 Å². The van der Waals surface area contributed by atoms with Crippen LogP contribution < -0.4 is 4.74 Å². The van der Waals surface area contributed by atoms with E-state index in [0.717, 1.165) is 43.2 Å². The van der Waals surface area contributed by atoms with Gasteiger partial charge in [0.25, 0.3) is 0 Å². The Morgan fingerprint density at radius 3 is 2.23 bits per heavy atom. The van der Waals surface area contributed by atoms with E-state index in [0.29, 0.717) is 11.5 Å². The number of fused-ring (bicyclic) bond motifs is 1. The van der Waals surface area contributed by atoms with Gasteiger partial charge in [-0.25, -0.2) is 13.2 Å². The van der Waals surface area contributed by atoms with Crippen LogP contribution in [0.25, 0.3) is 11.1 Å². The SMILES string of the molecule is CCCCCCC1CCC2CC(c3cc(F)c(-c4ccc(OC(F)F)c(F)c4)c(F)c3)CCC2C1. The summed E-state index contributed by atoms with van der Waals surface area (Å²) in [6, 6.07) is 5.71. The highest BCUT2D eigenvalue weighted by molar-refractivity contribution is 5.66. The molecule has 2 saturated carbocycles. The van der Waals surface area contributed by atoms with Gasteiger partial charge in [0.1, 0.15) is 11.6 Å². The largest absolute Gasteiger partial charge is 0.432 e. The molecule has 4 unspecified atom stereocenters. The Labute approximate surface area is 205 Å². The van der Waals surface area contributed by atoms with Crippen molar-refractivity contribution in [3.63, 3.8) is 0 Å². The summed E-state index contributed by atoms with van der Waals surface area (Å²) in [7, 11) is 0. The van der Waals surface area contributed by atoms with E-state index in [1.165, 1.54) is 69.6 Å². The van der Waals surface area contributed by atoms with Crippen molar-refractivity contribution in [2.45, 2.75) is 90.1 Å². The third-order valence-corrected chi connectivity index (χ3v) is 8.16. The Bertz CT molecular complexity index is 968. The molecule has 192 valence electrons. The van der Waals surface area contributed by atoms with Crippen LogP contribution in [0, 0.1) is 35.2 Å². The van der Waals surface area contributed by atoms with Crippen LogP contribution in [0.3, 0.4) is 0 Å². The summed E-state index contributed by atoms with van der Waals surface area (Å²) in [4.78, 5) is 0. The van der Waals surface area contributed by atoms with Crippen molar-refractivity contribution in [3.05, 3.63) is 53.3 Å². The van der Waals surface area contributed by atoms with Crippen LogP contribution in [0.1, 0.15) is 89.0 Å². The fraction of sp³-hybridized carbons (Fsp3) is 0.586. The smallest absolute Gasteiger partial charge is 0.387 e. The average Bonchev–Trinajstić information content (AvgIpc) is 2.82. The quantitative estimate of drug-likeness (QED) is 0.249. The summed E-state index contributed by atoms with van der Waals surface area (Å²) in [5, 5.41) is 0. The van der Waals surface area contributed by atoms with Crippen LogP contribution in [-0.2, 0) is 0 Å². The fourth-order valence-electron chi connectivity index (χ4n) is 6.36. The first-order valence-electron chi connectivity index (χ1n) is 13.1. The van der Waals surface area contributed by atoms with Crippen LogP contribution in [0.5, 0.6) is 5.75 Å². The number of rotatable bonds is 9. The maximum atomic E-state index is 15.0. The number of alkyl halides is 2. The molecule has 4 rings (SSSR count). The highest BCUT2D eigenvalue weighted by atomic mass is 19.3. The van der Waals surface area contributed by atoms with Gasteiger partial charge in [-0.1, -0.05) is 51.5 Å². The Hall–Kier alpha value is -2.11. The van der Waals surface area contributed by atoms with Crippen molar-refractivity contribution < 1.29 is 26.7 Å². The van der Waals surface area contributed by atoms with Gasteiger partial charge < -0.3 is 4.74 Å². The van der Waals surface area contributed by atoms with Crippen LogP contribution in [0.15, 0.2) is 30.3 Å². The van der Waals surface area contributed by atoms with E-state index in [1.807, 2.05) is 0 Å². The maximum Gasteiger partial charge on any atom is 0.387 e. The van der Waals surface area contributed by atoms with Gasteiger partial charge in [-0.3, -0.25) is 0 Å². The van der Waals surface area contributed by atoms with Crippen LogP contribution in [0.2, 0.25) is 0 Å². The molecule has 0 spiro atoms. The number of halogens is 5. The van der Waals surface area contributed by atoms with E-state index >= 15 is 8.78 Å². The number of hydrogen-bond donors (Lipinski definition) is 0. The standard InChI is InChI=1S/C29H35F5O/c1-2-3-4-5-6-18-7-8-20-14-21(10-9-19(20)13-18)23-16-25(31)28(26(32)17-23)22-11-12-27(24(30)15-22)35-29(33)34/h11-12,15-21,29H,2-10,13-14H2,1H3. The van der Waals surface area contributed by atoms with E-state index in [4.69, 9.17) is 0 Å². The second-order valence-electron chi connectivity index (χ2n) is 10.4. The second-order valence-corrected chi connectivity index (χ2v) is 10.4. The third kappa shape index (κ3) is 6.37. The van der Waals surface area contributed by atoms with E-state index in [2.05, 4.69) is 11.7 Å². The lowest BCUT2D eigenvalue weighted by Gasteiger charge is -2.42. The summed E-state index contributed by atoms with van der Waals surface area (Å²) in [6.45, 7) is -0.945. The molecule has 6 heteroatoms. The molecule has 2 aromatic rings. The van der Waals surface area contributed by atoms with Gasteiger partial charge in [-0.05, 0) is 91.2 Å². The van der Waals surface area contributed by atoms with E-state index in [-0.39, 0.29) is 17.0 Å². The van der Waals surface area contributed by atoms with E-state index in [1.54, 1.807) is 0 Å². The molecule has 2 aliphatic rings. The van der Waals surface area contributed by atoms with Crippen molar-refractivity contribution in [3.8, 4) is 16.9 Å². The predicted molar refractivity (Wildman–Crippen MR) is 128 cm³/mol. The molecule has 0 aliphatic heterocycles.